The van der Waals surface area contributed by atoms with Crippen LogP contribution in [0.15, 0.2) is 47.7 Å². The molecule has 20 heavy (non-hydrogen) atoms. The lowest BCUT2D eigenvalue weighted by molar-refractivity contribution is 0.0601. The third kappa shape index (κ3) is 3.17. The molecule has 6 nitrogen and oxygen atoms in total. The molecule has 6 heteroatoms. The molecular weight excluding hydrogens is 256 g/mol. The fourth-order valence-electron chi connectivity index (χ4n) is 1.78. The molecule has 0 saturated heterocycles. The van der Waals surface area contributed by atoms with Crippen molar-refractivity contribution in [1.29, 1.82) is 5.53 Å². The molecule has 0 aliphatic rings. The van der Waals surface area contributed by atoms with Crippen molar-refractivity contribution in [2.75, 3.05) is 7.11 Å². The zero-order valence-electron chi connectivity index (χ0n) is 11.0. The van der Waals surface area contributed by atoms with Crippen molar-refractivity contribution in [3.63, 3.8) is 0 Å². The number of methoxy groups -OCH3 is 1. The molecular formula is C14H14N4O2. The lowest BCUT2D eigenvalue weighted by Gasteiger charge is -2.06. The second kappa shape index (κ2) is 6.42. The maximum Gasteiger partial charge on any atom is 0.337 e. The average Bonchev–Trinajstić information content (AvgIpc) is 2.52. The number of aromatic nitrogens is 1. The summed E-state index contributed by atoms with van der Waals surface area (Å²) in [6, 6.07) is 12.7. The SMILES string of the molecule is COC(=O)c1cccc(-c2cccc(CNN=N)n2)c1. The van der Waals surface area contributed by atoms with Crippen molar-refractivity contribution in [2.45, 2.75) is 6.54 Å². The molecule has 0 aliphatic heterocycles. The van der Waals surface area contributed by atoms with Crippen LogP contribution in [0.1, 0.15) is 16.1 Å². The van der Waals surface area contributed by atoms with Gasteiger partial charge in [0.15, 0.2) is 0 Å². The molecule has 0 atom stereocenters. The van der Waals surface area contributed by atoms with Gasteiger partial charge >= 0.3 is 5.97 Å². The van der Waals surface area contributed by atoms with E-state index in [1.807, 2.05) is 24.3 Å². The Morgan fingerprint density at radius 3 is 2.90 bits per heavy atom. The number of nitrogens with zero attached hydrogens (tertiary/aromatic N) is 2. The molecule has 0 fully saturated rings. The van der Waals surface area contributed by atoms with Gasteiger partial charge in [0.2, 0.25) is 0 Å². The molecule has 0 amide bonds. The lowest BCUT2D eigenvalue weighted by atomic mass is 10.1. The van der Waals surface area contributed by atoms with Crippen molar-refractivity contribution in [3.8, 4) is 11.3 Å². The van der Waals surface area contributed by atoms with E-state index < -0.39 is 0 Å². The standard InChI is InChI=1S/C14H14N4O2/c1-20-14(19)11-5-2-4-10(8-11)13-7-3-6-12(17-13)9-16-18-15/h2-8H,9H2,1H3,(H2,15,16). The van der Waals surface area contributed by atoms with Gasteiger partial charge in [0.25, 0.3) is 0 Å². The molecule has 1 heterocycles. The fourth-order valence-corrected chi connectivity index (χ4v) is 1.78. The maximum atomic E-state index is 11.5. The highest BCUT2D eigenvalue weighted by Gasteiger charge is 2.07. The number of nitrogens with one attached hydrogen (secondary N) is 2. The Morgan fingerprint density at radius 1 is 1.35 bits per heavy atom. The average molecular weight is 270 g/mol. The topological polar surface area (TPSA) is 87.4 Å². The first kappa shape index (κ1) is 13.7. The van der Waals surface area contributed by atoms with Gasteiger partial charge in [-0.2, -0.15) is 5.53 Å². The molecule has 0 aliphatic carbocycles. The van der Waals surface area contributed by atoms with Gasteiger partial charge in [-0.05, 0) is 24.3 Å². The Kier molecular flexibility index (Phi) is 4.39. The zero-order valence-corrected chi connectivity index (χ0v) is 11.0. The Labute approximate surface area is 116 Å². The van der Waals surface area contributed by atoms with Gasteiger partial charge in [0.05, 0.1) is 30.6 Å². The van der Waals surface area contributed by atoms with Gasteiger partial charge in [-0.15, -0.1) is 0 Å². The van der Waals surface area contributed by atoms with Crippen LogP contribution in [0.5, 0.6) is 0 Å². The van der Waals surface area contributed by atoms with E-state index in [1.165, 1.54) is 7.11 Å². The normalized spacial score (nSPS) is 9.85. The van der Waals surface area contributed by atoms with E-state index in [-0.39, 0.29) is 5.97 Å². The Morgan fingerprint density at radius 2 is 2.15 bits per heavy atom. The minimum absolute atomic E-state index is 0.377. The van der Waals surface area contributed by atoms with Gasteiger partial charge in [0, 0.05) is 5.56 Å². The predicted octanol–water partition coefficient (Wildman–Crippen LogP) is 2.57. The van der Waals surface area contributed by atoms with Crippen LogP contribution >= 0.6 is 0 Å². The minimum Gasteiger partial charge on any atom is -0.465 e. The third-order valence-electron chi connectivity index (χ3n) is 2.73. The van der Waals surface area contributed by atoms with Crippen LogP contribution in [0, 0.1) is 5.53 Å². The van der Waals surface area contributed by atoms with Crippen molar-refractivity contribution in [3.05, 3.63) is 53.7 Å². The Bertz CT molecular complexity index is 628. The summed E-state index contributed by atoms with van der Waals surface area (Å²) in [5.74, 6) is -0.377. The number of carbonyl (C=O) groups is 1. The molecule has 0 saturated carbocycles. The van der Waals surface area contributed by atoms with E-state index in [1.54, 1.807) is 18.2 Å². The molecule has 0 radical (unpaired) electrons. The summed E-state index contributed by atoms with van der Waals surface area (Å²) >= 11 is 0. The molecule has 0 spiro atoms. The van der Waals surface area contributed by atoms with E-state index in [9.17, 15) is 4.79 Å². The first-order chi connectivity index (χ1) is 9.74. The highest BCUT2D eigenvalue weighted by molar-refractivity contribution is 5.90. The number of benzene rings is 1. The lowest BCUT2D eigenvalue weighted by Crippen LogP contribution is -2.05. The summed E-state index contributed by atoms with van der Waals surface area (Å²) in [5.41, 5.74) is 12.1. The van der Waals surface area contributed by atoms with Gasteiger partial charge in [-0.3, -0.25) is 10.4 Å². The monoisotopic (exact) mass is 270 g/mol. The molecule has 0 unspecified atom stereocenters. The quantitative estimate of drug-likeness (QED) is 0.496. The summed E-state index contributed by atoms with van der Waals surface area (Å²) in [6.45, 7) is 0.383. The molecule has 2 aromatic rings. The van der Waals surface area contributed by atoms with Crippen LogP contribution in [0.2, 0.25) is 0 Å². The number of pyridine rings is 1. The second-order valence-electron chi connectivity index (χ2n) is 4.03. The number of esters is 1. The summed E-state index contributed by atoms with van der Waals surface area (Å²) in [7, 11) is 1.35. The Hall–Kier alpha value is -2.76. The smallest absolute Gasteiger partial charge is 0.337 e. The largest absolute Gasteiger partial charge is 0.465 e. The summed E-state index contributed by atoms with van der Waals surface area (Å²) < 4.78 is 4.70. The third-order valence-corrected chi connectivity index (χ3v) is 2.73. The van der Waals surface area contributed by atoms with Crippen LogP contribution in [0.3, 0.4) is 0 Å². The van der Waals surface area contributed by atoms with Crippen LogP contribution < -0.4 is 5.43 Å². The fraction of sp³-hybridized carbons (Fsp3) is 0.143. The zero-order chi connectivity index (χ0) is 14.4. The molecule has 2 N–H and O–H groups in total. The highest BCUT2D eigenvalue weighted by Crippen LogP contribution is 2.19. The maximum absolute atomic E-state index is 11.5. The summed E-state index contributed by atoms with van der Waals surface area (Å²) in [4.78, 5) is 16.0. The number of hydrogen-bond donors (Lipinski definition) is 2. The van der Waals surface area contributed by atoms with Crippen LogP contribution in [0.4, 0.5) is 0 Å². The number of carbonyl (C=O) groups excluding carboxylic acids is 1. The molecule has 0 bridgehead atoms. The molecule has 1 aromatic carbocycles. The van der Waals surface area contributed by atoms with Crippen molar-refractivity contribution in [2.24, 2.45) is 5.22 Å². The van der Waals surface area contributed by atoms with Crippen LogP contribution in [0.25, 0.3) is 11.3 Å². The molecule has 1 aromatic heterocycles. The summed E-state index contributed by atoms with van der Waals surface area (Å²) in [5, 5.41) is 3.08. The van der Waals surface area contributed by atoms with Gasteiger partial charge in [-0.1, -0.05) is 23.4 Å². The molecule has 102 valence electrons. The highest BCUT2D eigenvalue weighted by atomic mass is 16.5. The Balaban J connectivity index is 2.31. The van der Waals surface area contributed by atoms with Crippen molar-refractivity contribution in [1.82, 2.24) is 10.4 Å². The number of hydrogen-bond acceptors (Lipinski definition) is 5. The van der Waals surface area contributed by atoms with Crippen molar-refractivity contribution < 1.29 is 9.53 Å². The second-order valence-corrected chi connectivity index (χ2v) is 4.03. The first-order valence-corrected chi connectivity index (χ1v) is 5.98. The number of ether oxygens (including phenoxy) is 1. The minimum atomic E-state index is -0.377. The number of rotatable bonds is 5. The van der Waals surface area contributed by atoms with E-state index in [4.69, 9.17) is 10.3 Å². The van der Waals surface area contributed by atoms with Gasteiger partial charge in [0.1, 0.15) is 0 Å². The summed E-state index contributed by atoms with van der Waals surface area (Å²) in [6.07, 6.45) is 0. The van der Waals surface area contributed by atoms with E-state index in [0.29, 0.717) is 12.1 Å². The van der Waals surface area contributed by atoms with Crippen molar-refractivity contribution >= 4 is 5.97 Å². The molecule has 2 rings (SSSR count). The van der Waals surface area contributed by atoms with E-state index in [2.05, 4.69) is 15.6 Å². The van der Waals surface area contributed by atoms with E-state index >= 15 is 0 Å². The van der Waals surface area contributed by atoms with Crippen LogP contribution in [-0.4, -0.2) is 18.1 Å². The first-order valence-electron chi connectivity index (χ1n) is 5.98. The van der Waals surface area contributed by atoms with Gasteiger partial charge in [-0.25, -0.2) is 4.79 Å². The van der Waals surface area contributed by atoms with Crippen LogP contribution in [-0.2, 0) is 11.3 Å². The van der Waals surface area contributed by atoms with Gasteiger partial charge < -0.3 is 4.74 Å². The predicted molar refractivity (Wildman–Crippen MR) is 73.0 cm³/mol. The van der Waals surface area contributed by atoms with E-state index in [0.717, 1.165) is 17.0 Å².